The van der Waals surface area contributed by atoms with Gasteiger partial charge in [0.2, 0.25) is 0 Å². The summed E-state index contributed by atoms with van der Waals surface area (Å²) in [6.45, 7) is 2.33. The van der Waals surface area contributed by atoms with Gasteiger partial charge in [0.15, 0.2) is 18.1 Å². The van der Waals surface area contributed by atoms with Crippen LogP contribution in [-0.2, 0) is 4.79 Å². The SMILES string of the molecule is CCN(C(=O)/C=C/c1ccc(OCC#N)c(OC)c1)c1ccc(Br)cn1. The molecule has 0 unspecified atom stereocenters. The Morgan fingerprint density at radius 3 is 2.77 bits per heavy atom. The van der Waals surface area contributed by atoms with Gasteiger partial charge in [-0.05, 0) is 58.8 Å². The number of carbonyl (C=O) groups excluding carboxylic acids is 1. The number of aromatic nitrogens is 1. The number of rotatable bonds is 7. The molecule has 7 heteroatoms. The van der Waals surface area contributed by atoms with Crippen LogP contribution in [0.2, 0.25) is 0 Å². The summed E-state index contributed by atoms with van der Waals surface area (Å²) in [6.07, 6.45) is 4.83. The highest BCUT2D eigenvalue weighted by Gasteiger charge is 2.12. The summed E-state index contributed by atoms with van der Waals surface area (Å²) < 4.78 is 11.4. The lowest BCUT2D eigenvalue weighted by Gasteiger charge is -2.18. The Balaban J connectivity index is 2.15. The van der Waals surface area contributed by atoms with Crippen molar-refractivity contribution in [2.75, 3.05) is 25.2 Å². The van der Waals surface area contributed by atoms with Crippen LogP contribution in [0.4, 0.5) is 5.82 Å². The molecule has 6 nitrogen and oxygen atoms in total. The normalized spacial score (nSPS) is 10.4. The summed E-state index contributed by atoms with van der Waals surface area (Å²) >= 11 is 3.33. The predicted octanol–water partition coefficient (Wildman–Crippen LogP) is 3.82. The maximum atomic E-state index is 12.5. The molecule has 0 saturated heterocycles. The molecule has 1 heterocycles. The molecule has 0 aliphatic heterocycles. The lowest BCUT2D eigenvalue weighted by molar-refractivity contribution is -0.114. The summed E-state index contributed by atoms with van der Waals surface area (Å²) in [4.78, 5) is 18.3. The Kier molecular flexibility index (Phi) is 7.18. The van der Waals surface area contributed by atoms with Crippen LogP contribution in [0.1, 0.15) is 12.5 Å². The van der Waals surface area contributed by atoms with Crippen molar-refractivity contribution in [3.8, 4) is 17.6 Å². The molecule has 26 heavy (non-hydrogen) atoms. The number of pyridine rings is 1. The Hall–Kier alpha value is -2.85. The average molecular weight is 416 g/mol. The predicted molar refractivity (Wildman–Crippen MR) is 103 cm³/mol. The van der Waals surface area contributed by atoms with Gasteiger partial charge in [-0.3, -0.25) is 9.69 Å². The van der Waals surface area contributed by atoms with E-state index in [2.05, 4.69) is 20.9 Å². The third-order valence-corrected chi connectivity index (χ3v) is 3.94. The van der Waals surface area contributed by atoms with Gasteiger partial charge in [0.25, 0.3) is 5.91 Å². The van der Waals surface area contributed by atoms with Crippen molar-refractivity contribution in [1.29, 1.82) is 5.26 Å². The number of carbonyl (C=O) groups is 1. The van der Waals surface area contributed by atoms with Gasteiger partial charge in [-0.25, -0.2) is 4.98 Å². The van der Waals surface area contributed by atoms with Gasteiger partial charge in [0.1, 0.15) is 11.9 Å². The topological polar surface area (TPSA) is 75.5 Å². The van der Waals surface area contributed by atoms with Crippen LogP contribution in [-0.4, -0.2) is 31.2 Å². The zero-order valence-corrected chi connectivity index (χ0v) is 16.1. The van der Waals surface area contributed by atoms with Crippen molar-refractivity contribution < 1.29 is 14.3 Å². The van der Waals surface area contributed by atoms with Crippen LogP contribution in [0.3, 0.4) is 0 Å². The number of ether oxygens (including phenoxy) is 2. The van der Waals surface area contributed by atoms with Crippen LogP contribution < -0.4 is 14.4 Å². The van der Waals surface area contributed by atoms with Crippen LogP contribution >= 0.6 is 15.9 Å². The van der Waals surface area contributed by atoms with Gasteiger partial charge < -0.3 is 9.47 Å². The maximum absolute atomic E-state index is 12.5. The number of hydrogen-bond donors (Lipinski definition) is 0. The maximum Gasteiger partial charge on any atom is 0.252 e. The monoisotopic (exact) mass is 415 g/mol. The number of anilines is 1. The quantitative estimate of drug-likeness (QED) is 0.642. The van der Waals surface area contributed by atoms with Crippen molar-refractivity contribution in [2.45, 2.75) is 6.92 Å². The fourth-order valence-electron chi connectivity index (χ4n) is 2.23. The summed E-state index contributed by atoms with van der Waals surface area (Å²) in [7, 11) is 1.52. The number of benzene rings is 1. The highest BCUT2D eigenvalue weighted by atomic mass is 79.9. The van der Waals surface area contributed by atoms with Gasteiger partial charge in [0.05, 0.1) is 7.11 Å². The number of amides is 1. The van der Waals surface area contributed by atoms with E-state index in [0.717, 1.165) is 10.0 Å². The summed E-state index contributed by atoms with van der Waals surface area (Å²) in [5.74, 6) is 1.39. The molecule has 134 valence electrons. The van der Waals surface area contributed by atoms with Crippen molar-refractivity contribution in [3.05, 3.63) is 52.6 Å². The molecule has 0 atom stereocenters. The fraction of sp³-hybridized carbons (Fsp3) is 0.211. The lowest BCUT2D eigenvalue weighted by Crippen LogP contribution is -2.29. The van der Waals surface area contributed by atoms with E-state index in [9.17, 15) is 4.79 Å². The first-order chi connectivity index (χ1) is 12.6. The standard InChI is InChI=1S/C19H18BrN3O3/c1-3-23(18-8-6-15(20)13-22-18)19(24)9-5-14-4-7-16(26-11-10-21)17(12-14)25-2/h4-9,12-13H,3,11H2,1-2H3/b9-5+. The molecule has 1 amide bonds. The number of likely N-dealkylation sites (N-methyl/N-ethyl adjacent to an activating group) is 1. The van der Waals surface area contributed by atoms with Gasteiger partial charge >= 0.3 is 0 Å². The minimum Gasteiger partial charge on any atom is -0.493 e. The van der Waals surface area contributed by atoms with Crippen molar-refractivity contribution >= 4 is 33.7 Å². The molecule has 2 aromatic rings. The third-order valence-electron chi connectivity index (χ3n) is 3.47. The molecule has 0 fully saturated rings. The molecule has 0 saturated carbocycles. The minimum absolute atomic E-state index is 0.0598. The first kappa shape index (κ1) is 19.5. The van der Waals surface area contributed by atoms with E-state index in [-0.39, 0.29) is 12.5 Å². The molecule has 0 bridgehead atoms. The van der Waals surface area contributed by atoms with Crippen LogP contribution in [0.25, 0.3) is 6.08 Å². The number of halogens is 1. The largest absolute Gasteiger partial charge is 0.493 e. The second-order valence-electron chi connectivity index (χ2n) is 5.11. The number of nitriles is 1. The molecule has 0 aliphatic carbocycles. The van der Waals surface area contributed by atoms with Crippen LogP contribution in [0.5, 0.6) is 11.5 Å². The molecule has 1 aromatic heterocycles. The van der Waals surface area contributed by atoms with Crippen LogP contribution in [0, 0.1) is 11.3 Å². The van der Waals surface area contributed by atoms with Crippen molar-refractivity contribution in [2.24, 2.45) is 0 Å². The minimum atomic E-state index is -0.175. The second-order valence-corrected chi connectivity index (χ2v) is 6.02. The summed E-state index contributed by atoms with van der Waals surface area (Å²) in [6, 6.07) is 10.8. The molecular formula is C19H18BrN3O3. The highest BCUT2D eigenvalue weighted by molar-refractivity contribution is 9.10. The molecule has 0 aliphatic rings. The van der Waals surface area contributed by atoms with E-state index in [1.807, 2.05) is 19.1 Å². The Labute approximate surface area is 160 Å². The molecule has 1 aromatic carbocycles. The number of nitrogens with zero attached hydrogens (tertiary/aromatic N) is 3. The highest BCUT2D eigenvalue weighted by Crippen LogP contribution is 2.28. The zero-order valence-electron chi connectivity index (χ0n) is 14.5. The Morgan fingerprint density at radius 2 is 2.15 bits per heavy atom. The second kappa shape index (κ2) is 9.59. The Morgan fingerprint density at radius 1 is 1.35 bits per heavy atom. The molecule has 0 spiro atoms. The number of methoxy groups -OCH3 is 1. The van der Waals surface area contributed by atoms with Gasteiger partial charge in [0, 0.05) is 23.3 Å². The smallest absolute Gasteiger partial charge is 0.252 e. The summed E-state index contributed by atoms with van der Waals surface area (Å²) in [5, 5.41) is 8.60. The van der Waals surface area contributed by atoms with Gasteiger partial charge in [-0.1, -0.05) is 6.07 Å². The molecule has 0 radical (unpaired) electrons. The summed E-state index contributed by atoms with van der Waals surface area (Å²) in [5.41, 5.74) is 0.777. The van der Waals surface area contributed by atoms with Crippen molar-refractivity contribution in [1.82, 2.24) is 4.98 Å². The molecule has 2 rings (SSSR count). The number of hydrogen-bond acceptors (Lipinski definition) is 5. The third kappa shape index (κ3) is 5.07. The molecule has 0 N–H and O–H groups in total. The lowest BCUT2D eigenvalue weighted by atomic mass is 10.2. The fourth-order valence-corrected chi connectivity index (χ4v) is 2.47. The molecular weight excluding hydrogens is 398 g/mol. The Bertz CT molecular complexity index is 829. The first-order valence-electron chi connectivity index (χ1n) is 7.88. The van der Waals surface area contributed by atoms with E-state index in [1.165, 1.54) is 13.2 Å². The first-order valence-corrected chi connectivity index (χ1v) is 8.67. The van der Waals surface area contributed by atoms with Crippen molar-refractivity contribution in [3.63, 3.8) is 0 Å². The van der Waals surface area contributed by atoms with E-state index >= 15 is 0 Å². The van der Waals surface area contributed by atoms with E-state index in [1.54, 1.807) is 41.4 Å². The van der Waals surface area contributed by atoms with Crippen LogP contribution in [0.15, 0.2) is 47.1 Å². The van der Waals surface area contributed by atoms with Gasteiger partial charge in [-0.2, -0.15) is 5.26 Å². The van der Waals surface area contributed by atoms with E-state index in [4.69, 9.17) is 14.7 Å². The zero-order chi connectivity index (χ0) is 18.9. The van der Waals surface area contributed by atoms with E-state index < -0.39 is 0 Å². The van der Waals surface area contributed by atoms with E-state index in [0.29, 0.717) is 23.9 Å². The van der Waals surface area contributed by atoms with Gasteiger partial charge in [-0.15, -0.1) is 0 Å². The average Bonchev–Trinajstić information content (AvgIpc) is 2.67.